The van der Waals surface area contributed by atoms with Crippen molar-refractivity contribution in [2.24, 2.45) is 0 Å². The SMILES string of the molecule is CCN1CCN(c2cnc3nc(Cl)nc(N[C@H](C)c4cc(N)cc(C(F)(F)F)c4)c3c2)CC1. The van der Waals surface area contributed by atoms with Crippen LogP contribution in [0.5, 0.6) is 0 Å². The number of nitrogens with one attached hydrogen (secondary N) is 1. The maximum atomic E-state index is 13.2. The van der Waals surface area contributed by atoms with Gasteiger partial charge in [0, 0.05) is 31.9 Å². The summed E-state index contributed by atoms with van der Waals surface area (Å²) in [6.45, 7) is 8.57. The number of piperazine rings is 1. The smallest absolute Gasteiger partial charge is 0.399 e. The molecule has 0 amide bonds. The van der Waals surface area contributed by atoms with E-state index in [1.165, 1.54) is 6.07 Å². The second-order valence-corrected chi connectivity index (χ2v) is 8.42. The first-order valence-corrected chi connectivity index (χ1v) is 11.1. The molecule has 11 heteroatoms. The maximum Gasteiger partial charge on any atom is 0.416 e. The van der Waals surface area contributed by atoms with Crippen molar-refractivity contribution in [3.05, 3.63) is 46.9 Å². The van der Waals surface area contributed by atoms with E-state index in [2.05, 4.69) is 37.0 Å². The van der Waals surface area contributed by atoms with Gasteiger partial charge in [0.25, 0.3) is 0 Å². The lowest BCUT2D eigenvalue weighted by atomic mass is 10.0. The lowest BCUT2D eigenvalue weighted by Gasteiger charge is -2.35. The van der Waals surface area contributed by atoms with Crippen LogP contribution in [0.2, 0.25) is 5.28 Å². The third kappa shape index (κ3) is 5.22. The fourth-order valence-corrected chi connectivity index (χ4v) is 4.12. The van der Waals surface area contributed by atoms with Gasteiger partial charge in [-0.15, -0.1) is 0 Å². The molecule has 1 atom stereocenters. The normalized spacial score (nSPS) is 16.2. The van der Waals surface area contributed by atoms with Crippen molar-refractivity contribution in [3.63, 3.8) is 0 Å². The third-order valence-electron chi connectivity index (χ3n) is 5.85. The van der Waals surface area contributed by atoms with Gasteiger partial charge >= 0.3 is 6.18 Å². The van der Waals surface area contributed by atoms with Crippen molar-refractivity contribution >= 4 is 39.8 Å². The third-order valence-corrected chi connectivity index (χ3v) is 6.02. The molecule has 4 rings (SSSR count). The largest absolute Gasteiger partial charge is 0.416 e. The van der Waals surface area contributed by atoms with Crippen molar-refractivity contribution in [1.82, 2.24) is 19.9 Å². The number of anilines is 3. The zero-order valence-electron chi connectivity index (χ0n) is 18.3. The van der Waals surface area contributed by atoms with Gasteiger partial charge in [0.05, 0.1) is 28.9 Å². The molecule has 3 N–H and O–H groups in total. The highest BCUT2D eigenvalue weighted by Gasteiger charge is 2.31. The Bertz CT molecular complexity index is 1150. The number of benzene rings is 1. The summed E-state index contributed by atoms with van der Waals surface area (Å²) >= 11 is 6.10. The Balaban J connectivity index is 1.65. The van der Waals surface area contributed by atoms with E-state index in [1.807, 2.05) is 6.07 Å². The first-order chi connectivity index (χ1) is 15.6. The molecule has 1 aliphatic rings. The second-order valence-electron chi connectivity index (χ2n) is 8.08. The summed E-state index contributed by atoms with van der Waals surface area (Å²) in [4.78, 5) is 17.6. The maximum absolute atomic E-state index is 13.2. The number of halogens is 4. The van der Waals surface area contributed by atoms with Crippen LogP contribution in [0.1, 0.15) is 31.0 Å². The Hall–Kier alpha value is -2.85. The molecule has 1 fully saturated rings. The molecule has 0 saturated carbocycles. The predicted molar refractivity (Wildman–Crippen MR) is 125 cm³/mol. The molecule has 3 aromatic rings. The topological polar surface area (TPSA) is 83.2 Å². The summed E-state index contributed by atoms with van der Waals surface area (Å²) in [7, 11) is 0. The Kier molecular flexibility index (Phi) is 6.49. The van der Waals surface area contributed by atoms with E-state index in [-0.39, 0.29) is 11.0 Å². The predicted octanol–water partition coefficient (Wildman–Crippen LogP) is 4.59. The number of aromatic nitrogens is 3. The number of alkyl halides is 3. The molecule has 1 saturated heterocycles. The fraction of sp³-hybridized carbons (Fsp3) is 0.409. The van der Waals surface area contributed by atoms with Gasteiger partial charge in [0.2, 0.25) is 5.28 Å². The number of fused-ring (bicyclic) bond motifs is 1. The van der Waals surface area contributed by atoms with Crippen LogP contribution in [0.25, 0.3) is 11.0 Å². The van der Waals surface area contributed by atoms with E-state index < -0.39 is 17.8 Å². The van der Waals surface area contributed by atoms with Crippen LogP contribution in [0.4, 0.5) is 30.4 Å². The molecule has 3 heterocycles. The number of nitrogens with zero attached hydrogens (tertiary/aromatic N) is 5. The lowest BCUT2D eigenvalue weighted by molar-refractivity contribution is -0.137. The highest BCUT2D eigenvalue weighted by molar-refractivity contribution is 6.28. The van der Waals surface area contributed by atoms with Gasteiger partial charge in [0.1, 0.15) is 5.82 Å². The first-order valence-electron chi connectivity index (χ1n) is 10.7. The van der Waals surface area contributed by atoms with Gasteiger partial charge in [0.15, 0.2) is 5.65 Å². The molecule has 7 nitrogen and oxygen atoms in total. The standard InChI is InChI=1S/C22H25ClF3N7/c1-3-32-4-6-33(7-5-32)17-11-18-19(28-12-17)30-21(23)31-20(18)29-13(2)14-8-15(22(24,25)26)10-16(27)9-14/h8-13H,3-7,27H2,1-2H3,(H,28,29,30,31)/t13-/m1/s1. The molecule has 2 aromatic heterocycles. The summed E-state index contributed by atoms with van der Waals surface area (Å²) in [5.41, 5.74) is 6.69. The average Bonchev–Trinajstić information content (AvgIpc) is 2.78. The number of pyridine rings is 1. The monoisotopic (exact) mass is 479 g/mol. The molecular formula is C22H25ClF3N7. The Labute approximate surface area is 194 Å². The van der Waals surface area contributed by atoms with Gasteiger partial charge in [-0.05, 0) is 54.9 Å². The molecule has 176 valence electrons. The zero-order valence-corrected chi connectivity index (χ0v) is 19.1. The Morgan fingerprint density at radius 1 is 1.12 bits per heavy atom. The number of hydrogen-bond donors (Lipinski definition) is 2. The summed E-state index contributed by atoms with van der Waals surface area (Å²) < 4.78 is 39.7. The van der Waals surface area contributed by atoms with E-state index in [4.69, 9.17) is 17.3 Å². The lowest BCUT2D eigenvalue weighted by Crippen LogP contribution is -2.46. The van der Waals surface area contributed by atoms with Crippen LogP contribution in [-0.2, 0) is 6.18 Å². The number of likely N-dealkylation sites (N-methyl/N-ethyl adjacent to an activating group) is 1. The van der Waals surface area contributed by atoms with Crippen LogP contribution in [0, 0.1) is 0 Å². The van der Waals surface area contributed by atoms with Crippen molar-refractivity contribution in [2.75, 3.05) is 48.7 Å². The molecule has 33 heavy (non-hydrogen) atoms. The Morgan fingerprint density at radius 3 is 2.52 bits per heavy atom. The molecule has 0 radical (unpaired) electrons. The van der Waals surface area contributed by atoms with Crippen LogP contribution >= 0.6 is 11.6 Å². The number of hydrogen-bond acceptors (Lipinski definition) is 7. The van der Waals surface area contributed by atoms with E-state index >= 15 is 0 Å². The molecular weight excluding hydrogens is 455 g/mol. The van der Waals surface area contributed by atoms with Crippen molar-refractivity contribution in [2.45, 2.75) is 26.1 Å². The van der Waals surface area contributed by atoms with Gasteiger partial charge in [-0.1, -0.05) is 6.92 Å². The fourth-order valence-electron chi connectivity index (χ4n) is 3.96. The van der Waals surface area contributed by atoms with E-state index in [1.54, 1.807) is 13.1 Å². The van der Waals surface area contributed by atoms with Gasteiger partial charge in [-0.3, -0.25) is 0 Å². The van der Waals surface area contributed by atoms with Gasteiger partial charge < -0.3 is 20.9 Å². The van der Waals surface area contributed by atoms with Crippen LogP contribution in [0.3, 0.4) is 0 Å². The van der Waals surface area contributed by atoms with Crippen LogP contribution in [-0.4, -0.2) is 52.6 Å². The van der Waals surface area contributed by atoms with Crippen molar-refractivity contribution in [1.29, 1.82) is 0 Å². The van der Waals surface area contributed by atoms with Crippen molar-refractivity contribution in [3.8, 4) is 0 Å². The second kappa shape index (κ2) is 9.18. The van der Waals surface area contributed by atoms with Crippen LogP contribution < -0.4 is 16.0 Å². The molecule has 0 bridgehead atoms. The van der Waals surface area contributed by atoms with Gasteiger partial charge in [-0.2, -0.15) is 18.2 Å². The van der Waals surface area contributed by atoms with Gasteiger partial charge in [-0.25, -0.2) is 9.97 Å². The summed E-state index contributed by atoms with van der Waals surface area (Å²) in [6, 6.07) is 4.92. The molecule has 1 aromatic carbocycles. The quantitative estimate of drug-likeness (QED) is 0.409. The molecule has 0 aliphatic carbocycles. The van der Waals surface area contributed by atoms with Crippen LogP contribution in [0.15, 0.2) is 30.5 Å². The summed E-state index contributed by atoms with van der Waals surface area (Å²) in [5.74, 6) is 0.398. The highest BCUT2D eigenvalue weighted by atomic mass is 35.5. The minimum atomic E-state index is -4.49. The first kappa shape index (κ1) is 23.3. The van der Waals surface area contributed by atoms with E-state index in [9.17, 15) is 13.2 Å². The summed E-state index contributed by atoms with van der Waals surface area (Å²) in [6.07, 6.45) is -2.73. The molecule has 0 unspecified atom stereocenters. The minimum Gasteiger partial charge on any atom is -0.399 e. The minimum absolute atomic E-state index is 0.00225. The number of nitrogens with two attached hydrogens (primary N) is 1. The van der Waals surface area contributed by atoms with Crippen molar-refractivity contribution < 1.29 is 13.2 Å². The molecule has 0 spiro atoms. The average molecular weight is 480 g/mol. The summed E-state index contributed by atoms with van der Waals surface area (Å²) in [5, 5.41) is 3.81. The van der Waals surface area contributed by atoms with E-state index in [0.29, 0.717) is 22.4 Å². The molecule has 1 aliphatic heterocycles. The highest BCUT2D eigenvalue weighted by Crippen LogP contribution is 2.34. The number of nitrogen functional groups attached to an aromatic ring is 1. The zero-order chi connectivity index (χ0) is 23.8. The number of rotatable bonds is 5. The van der Waals surface area contributed by atoms with E-state index in [0.717, 1.165) is 50.5 Å². The Morgan fingerprint density at radius 2 is 1.85 bits per heavy atom.